The summed E-state index contributed by atoms with van der Waals surface area (Å²) in [6.07, 6.45) is 6.85. The number of aromatic nitrogens is 2. The largest absolute Gasteiger partial charge is 0.477 e. The highest BCUT2D eigenvalue weighted by Crippen LogP contribution is 2.45. The van der Waals surface area contributed by atoms with E-state index in [2.05, 4.69) is 16.8 Å². The second-order valence-electron chi connectivity index (χ2n) is 8.96. The van der Waals surface area contributed by atoms with Crippen LogP contribution in [0.5, 0.6) is 5.88 Å². The van der Waals surface area contributed by atoms with Gasteiger partial charge in [-0.05, 0) is 56.9 Å². The monoisotopic (exact) mass is 487 g/mol. The van der Waals surface area contributed by atoms with Gasteiger partial charge in [-0.2, -0.15) is 0 Å². The van der Waals surface area contributed by atoms with E-state index in [4.69, 9.17) is 27.9 Å². The number of carboxylic acid groups (broad SMARTS) is 1. The first kappa shape index (κ1) is 22.0. The Morgan fingerprint density at radius 3 is 2.79 bits per heavy atom. The number of carbonyl (C=O) groups is 1. The molecule has 3 aromatic rings. The third kappa shape index (κ3) is 3.93. The zero-order valence-corrected chi connectivity index (χ0v) is 19.6. The number of hydrogen-bond donors (Lipinski definition) is 1. The molecule has 0 spiro atoms. The van der Waals surface area contributed by atoms with Crippen LogP contribution in [0.3, 0.4) is 0 Å². The topological polar surface area (TPSA) is 84.7 Å². The zero-order valence-electron chi connectivity index (χ0n) is 18.1. The number of halogens is 2. The maximum Gasteiger partial charge on any atom is 0.341 e. The van der Waals surface area contributed by atoms with Gasteiger partial charge in [-0.15, -0.1) is 0 Å². The van der Waals surface area contributed by atoms with Crippen LogP contribution < -0.4 is 15.1 Å². The summed E-state index contributed by atoms with van der Waals surface area (Å²) in [5.41, 5.74) is 0.549. The lowest BCUT2D eigenvalue weighted by Gasteiger charge is -2.29. The summed E-state index contributed by atoms with van der Waals surface area (Å²) in [6, 6.07) is 7.07. The molecule has 2 aromatic heterocycles. The van der Waals surface area contributed by atoms with Crippen LogP contribution in [-0.4, -0.2) is 39.8 Å². The Morgan fingerprint density at radius 2 is 2.09 bits per heavy atom. The quantitative estimate of drug-likeness (QED) is 0.528. The molecule has 1 N–H and O–H groups in total. The zero-order chi connectivity index (χ0) is 23.3. The summed E-state index contributed by atoms with van der Waals surface area (Å²) >= 11 is 12.8. The second-order valence-corrected chi connectivity index (χ2v) is 9.77. The predicted molar refractivity (Wildman–Crippen MR) is 128 cm³/mol. The standard InChI is InChI=1S/C24H23Cl2N3O4/c1-24(6-7-24)29-12-16(23(31)32)21(30)15-10-18(26)20(11-19(15)29)28-9-3-4-14(28)13-33-22-17(25)5-2-8-27-22/h2,5,8,10-12,14H,3-4,6-7,9,13H2,1H3,(H,31,32)/t14-/m1/s1. The number of anilines is 1. The number of rotatable bonds is 6. The van der Waals surface area contributed by atoms with Gasteiger partial charge in [0.2, 0.25) is 11.3 Å². The van der Waals surface area contributed by atoms with Gasteiger partial charge in [0.05, 0.1) is 22.3 Å². The fraction of sp³-hybridized carbons (Fsp3) is 0.375. The van der Waals surface area contributed by atoms with Gasteiger partial charge in [0.15, 0.2) is 0 Å². The fourth-order valence-electron chi connectivity index (χ4n) is 4.55. The molecule has 1 saturated heterocycles. The van der Waals surface area contributed by atoms with Crippen LogP contribution in [0.4, 0.5) is 5.69 Å². The molecule has 3 heterocycles. The van der Waals surface area contributed by atoms with E-state index in [1.165, 1.54) is 6.20 Å². The molecule has 1 aliphatic heterocycles. The molecule has 1 saturated carbocycles. The van der Waals surface area contributed by atoms with Gasteiger partial charge in [0.1, 0.15) is 17.2 Å². The van der Waals surface area contributed by atoms with E-state index in [0.717, 1.165) is 37.9 Å². The predicted octanol–water partition coefficient (Wildman–Crippen LogP) is 4.96. The van der Waals surface area contributed by atoms with Gasteiger partial charge < -0.3 is 19.3 Å². The number of carboxylic acids is 1. The number of fused-ring (bicyclic) bond motifs is 1. The number of nitrogens with zero attached hydrogens (tertiary/aromatic N) is 3. The highest BCUT2D eigenvalue weighted by Gasteiger charge is 2.40. The molecule has 1 aromatic carbocycles. The van der Waals surface area contributed by atoms with Crippen LogP contribution in [0, 0.1) is 0 Å². The Labute approximate surface area is 200 Å². The van der Waals surface area contributed by atoms with Gasteiger partial charge in [-0.1, -0.05) is 23.2 Å². The van der Waals surface area contributed by atoms with E-state index >= 15 is 0 Å². The minimum Gasteiger partial charge on any atom is -0.477 e. The van der Waals surface area contributed by atoms with E-state index in [-0.39, 0.29) is 17.1 Å². The third-order valence-corrected chi connectivity index (χ3v) is 7.27. The molecule has 1 aliphatic carbocycles. The van der Waals surface area contributed by atoms with Crippen molar-refractivity contribution in [3.05, 3.63) is 62.5 Å². The van der Waals surface area contributed by atoms with Crippen molar-refractivity contribution in [2.75, 3.05) is 18.1 Å². The summed E-state index contributed by atoms with van der Waals surface area (Å²) in [6.45, 7) is 3.26. The first-order valence-electron chi connectivity index (χ1n) is 10.9. The molecule has 2 aliphatic rings. The molecule has 2 fully saturated rings. The Balaban J connectivity index is 1.55. The third-order valence-electron chi connectivity index (χ3n) is 6.68. The Bertz CT molecular complexity index is 1320. The molecule has 0 bridgehead atoms. The van der Waals surface area contributed by atoms with Crippen molar-refractivity contribution in [1.82, 2.24) is 9.55 Å². The normalized spacial score (nSPS) is 19.1. The van der Waals surface area contributed by atoms with Crippen molar-refractivity contribution < 1.29 is 14.6 Å². The Hall–Kier alpha value is -2.77. The van der Waals surface area contributed by atoms with E-state index in [1.807, 2.05) is 10.6 Å². The molecule has 5 rings (SSSR count). The van der Waals surface area contributed by atoms with Crippen LogP contribution in [0.1, 0.15) is 43.0 Å². The molecule has 33 heavy (non-hydrogen) atoms. The van der Waals surface area contributed by atoms with Crippen molar-refractivity contribution in [1.29, 1.82) is 0 Å². The highest BCUT2D eigenvalue weighted by molar-refractivity contribution is 6.34. The van der Waals surface area contributed by atoms with Crippen molar-refractivity contribution >= 4 is 45.8 Å². The maximum absolute atomic E-state index is 12.9. The van der Waals surface area contributed by atoms with E-state index in [9.17, 15) is 14.7 Å². The first-order valence-corrected chi connectivity index (χ1v) is 11.7. The molecule has 0 amide bonds. The number of hydrogen-bond acceptors (Lipinski definition) is 5. The lowest BCUT2D eigenvalue weighted by Crippen LogP contribution is -2.34. The maximum atomic E-state index is 12.9. The number of ether oxygens (including phenoxy) is 1. The van der Waals surface area contributed by atoms with Gasteiger partial charge in [-0.25, -0.2) is 9.78 Å². The minimum atomic E-state index is -1.23. The molecule has 0 unspecified atom stereocenters. The minimum absolute atomic E-state index is 0.0630. The molecule has 1 atom stereocenters. The first-order chi connectivity index (χ1) is 15.8. The average molecular weight is 488 g/mol. The van der Waals surface area contributed by atoms with Crippen molar-refractivity contribution in [3.8, 4) is 5.88 Å². The number of pyridine rings is 2. The summed E-state index contributed by atoms with van der Waals surface area (Å²) in [5, 5.41) is 10.8. The smallest absolute Gasteiger partial charge is 0.341 e. The molecular weight excluding hydrogens is 465 g/mol. The number of aromatic carboxylic acids is 1. The molecule has 7 nitrogen and oxygen atoms in total. The van der Waals surface area contributed by atoms with E-state index in [1.54, 1.807) is 24.4 Å². The fourth-order valence-corrected chi connectivity index (χ4v) is 5.00. The molecular formula is C24H23Cl2N3O4. The molecule has 172 valence electrons. The van der Waals surface area contributed by atoms with Crippen LogP contribution in [-0.2, 0) is 5.54 Å². The summed E-state index contributed by atoms with van der Waals surface area (Å²) in [7, 11) is 0. The van der Waals surface area contributed by atoms with Crippen LogP contribution in [0.25, 0.3) is 10.9 Å². The van der Waals surface area contributed by atoms with Crippen LogP contribution in [0.15, 0.2) is 41.5 Å². The highest BCUT2D eigenvalue weighted by atomic mass is 35.5. The molecule has 9 heteroatoms. The molecule has 0 radical (unpaired) electrons. The number of benzene rings is 1. The van der Waals surface area contributed by atoms with Gasteiger partial charge in [0.25, 0.3) is 0 Å². The second kappa shape index (κ2) is 8.22. The van der Waals surface area contributed by atoms with E-state index < -0.39 is 11.4 Å². The van der Waals surface area contributed by atoms with Gasteiger partial charge in [0, 0.05) is 29.9 Å². The summed E-state index contributed by atoms with van der Waals surface area (Å²) < 4.78 is 7.83. The SMILES string of the molecule is CC1(n2cc(C(=O)O)c(=O)c3cc(Cl)c(N4CCC[C@@H]4COc4ncccc4Cl)cc32)CC1. The lowest BCUT2D eigenvalue weighted by atomic mass is 10.1. The van der Waals surface area contributed by atoms with Crippen molar-refractivity contribution in [2.24, 2.45) is 0 Å². The van der Waals surface area contributed by atoms with Crippen LogP contribution in [0.2, 0.25) is 10.0 Å². The van der Waals surface area contributed by atoms with Crippen molar-refractivity contribution in [2.45, 2.75) is 44.2 Å². The van der Waals surface area contributed by atoms with E-state index in [0.29, 0.717) is 33.4 Å². The lowest BCUT2D eigenvalue weighted by molar-refractivity contribution is 0.0694. The Kier molecular flexibility index (Phi) is 5.49. The summed E-state index contributed by atoms with van der Waals surface area (Å²) in [4.78, 5) is 31.0. The van der Waals surface area contributed by atoms with Gasteiger partial charge in [-0.3, -0.25) is 4.79 Å². The Morgan fingerprint density at radius 1 is 1.30 bits per heavy atom. The van der Waals surface area contributed by atoms with Crippen LogP contribution >= 0.6 is 23.2 Å². The van der Waals surface area contributed by atoms with Crippen molar-refractivity contribution in [3.63, 3.8) is 0 Å². The van der Waals surface area contributed by atoms with Gasteiger partial charge >= 0.3 is 5.97 Å². The average Bonchev–Trinajstić information content (AvgIpc) is 3.36. The summed E-state index contributed by atoms with van der Waals surface area (Å²) in [5.74, 6) is -0.836.